The molecule has 0 amide bonds. The second-order valence-electron chi connectivity index (χ2n) is 2.85. The van der Waals surface area contributed by atoms with E-state index < -0.39 is 0 Å². The van der Waals surface area contributed by atoms with Crippen LogP contribution in [0.1, 0.15) is 6.92 Å². The van der Waals surface area contributed by atoms with Gasteiger partial charge in [0.25, 0.3) is 0 Å². The predicted molar refractivity (Wildman–Crippen MR) is 60.0 cm³/mol. The molecule has 0 aliphatic carbocycles. The van der Waals surface area contributed by atoms with Gasteiger partial charge in [0.05, 0.1) is 11.8 Å². The molecule has 74 valence electrons. The molecule has 0 saturated heterocycles. The van der Waals surface area contributed by atoms with Crippen LogP contribution in [0, 0.1) is 0 Å². The van der Waals surface area contributed by atoms with Crippen molar-refractivity contribution in [2.45, 2.75) is 18.5 Å². The third-order valence-electron chi connectivity index (χ3n) is 2.08. The van der Waals surface area contributed by atoms with Gasteiger partial charge in [-0.05, 0) is 13.2 Å². The molecule has 0 saturated carbocycles. The third kappa shape index (κ3) is 1.48. The van der Waals surface area contributed by atoms with E-state index in [1.807, 2.05) is 18.6 Å². The van der Waals surface area contributed by atoms with E-state index in [1.165, 1.54) is 0 Å². The van der Waals surface area contributed by atoms with Crippen molar-refractivity contribution in [2.24, 2.45) is 0 Å². The molecular weight excluding hydrogens is 218 g/mol. The molecule has 14 heavy (non-hydrogen) atoms. The first kappa shape index (κ1) is 9.80. The molecule has 0 aliphatic rings. The van der Waals surface area contributed by atoms with Crippen molar-refractivity contribution in [2.75, 3.05) is 6.26 Å². The maximum Gasteiger partial charge on any atom is 0.132 e. The summed E-state index contributed by atoms with van der Waals surface area (Å²) in [6, 6.07) is 1.85. The van der Waals surface area contributed by atoms with E-state index in [2.05, 4.69) is 21.5 Å². The van der Waals surface area contributed by atoms with Crippen LogP contribution in [-0.4, -0.2) is 20.8 Å². The van der Waals surface area contributed by atoms with Gasteiger partial charge in [-0.1, -0.05) is 11.6 Å². The molecule has 2 rings (SSSR count). The van der Waals surface area contributed by atoms with Crippen molar-refractivity contribution in [3.63, 3.8) is 0 Å². The van der Waals surface area contributed by atoms with Gasteiger partial charge in [0.15, 0.2) is 0 Å². The fraction of sp³-hybridized carbons (Fsp3) is 0.333. The first-order valence-corrected chi connectivity index (χ1v) is 5.92. The molecule has 2 aromatic rings. The van der Waals surface area contributed by atoms with Crippen molar-refractivity contribution >= 4 is 34.4 Å². The quantitative estimate of drug-likeness (QED) is 0.584. The van der Waals surface area contributed by atoms with E-state index in [0.717, 1.165) is 22.6 Å². The molecule has 0 aliphatic heterocycles. The van der Waals surface area contributed by atoms with Gasteiger partial charge in [0.1, 0.15) is 15.7 Å². The van der Waals surface area contributed by atoms with Gasteiger partial charge in [-0.3, -0.25) is 0 Å². The number of fused-ring (bicyclic) bond motifs is 1. The van der Waals surface area contributed by atoms with Gasteiger partial charge in [0.2, 0.25) is 0 Å². The molecule has 0 bridgehead atoms. The van der Waals surface area contributed by atoms with Crippen molar-refractivity contribution in [1.82, 2.24) is 14.5 Å². The fourth-order valence-corrected chi connectivity index (χ4v) is 2.18. The van der Waals surface area contributed by atoms with Gasteiger partial charge in [-0.2, -0.15) is 0 Å². The number of aryl methyl sites for hydroxylation is 1. The van der Waals surface area contributed by atoms with Crippen LogP contribution in [-0.2, 0) is 6.54 Å². The van der Waals surface area contributed by atoms with Crippen LogP contribution in [0.15, 0.2) is 17.4 Å². The number of thioether (sulfide) groups is 1. The zero-order chi connectivity index (χ0) is 10.1. The van der Waals surface area contributed by atoms with E-state index >= 15 is 0 Å². The van der Waals surface area contributed by atoms with Crippen molar-refractivity contribution < 1.29 is 0 Å². The Kier molecular flexibility index (Phi) is 2.65. The number of pyridine rings is 1. The lowest BCUT2D eigenvalue weighted by molar-refractivity contribution is 0.787. The van der Waals surface area contributed by atoms with Crippen LogP contribution in [0.25, 0.3) is 11.0 Å². The average molecular weight is 228 g/mol. The van der Waals surface area contributed by atoms with Crippen LogP contribution < -0.4 is 0 Å². The summed E-state index contributed by atoms with van der Waals surface area (Å²) in [6.45, 7) is 2.97. The summed E-state index contributed by atoms with van der Waals surface area (Å²) in [6.07, 6.45) is 3.80. The van der Waals surface area contributed by atoms with E-state index in [9.17, 15) is 0 Å². The van der Waals surface area contributed by atoms with E-state index in [1.54, 1.807) is 11.8 Å². The zero-order valence-corrected chi connectivity index (χ0v) is 9.56. The first-order chi connectivity index (χ1) is 6.76. The minimum atomic E-state index is 0.525. The summed E-state index contributed by atoms with van der Waals surface area (Å²) in [7, 11) is 0. The number of aromatic nitrogens is 3. The minimum Gasteiger partial charge on any atom is -0.331 e. The Balaban J connectivity index is 2.76. The number of halogens is 1. The van der Waals surface area contributed by atoms with Gasteiger partial charge < -0.3 is 4.57 Å². The lowest BCUT2D eigenvalue weighted by atomic mass is 10.4. The molecular formula is C9H10ClN3S. The predicted octanol–water partition coefficient (Wildman–Crippen LogP) is 2.83. The average Bonchev–Trinajstić information content (AvgIpc) is 2.59. The Bertz CT molecular complexity index is 466. The molecule has 0 aromatic carbocycles. The van der Waals surface area contributed by atoms with E-state index in [0.29, 0.717) is 5.15 Å². The number of hydrogen-bond donors (Lipinski definition) is 0. The number of imidazole rings is 1. The third-order valence-corrected chi connectivity index (χ3v) is 2.94. The van der Waals surface area contributed by atoms with Crippen LogP contribution >= 0.6 is 23.4 Å². The van der Waals surface area contributed by atoms with Crippen molar-refractivity contribution in [3.8, 4) is 0 Å². The van der Waals surface area contributed by atoms with Gasteiger partial charge in [-0.25, -0.2) is 9.97 Å². The smallest absolute Gasteiger partial charge is 0.132 e. The molecule has 0 unspecified atom stereocenters. The summed E-state index contributed by atoms with van der Waals surface area (Å²) in [4.78, 5) is 8.54. The normalized spacial score (nSPS) is 11.1. The van der Waals surface area contributed by atoms with Crippen LogP contribution in [0.5, 0.6) is 0 Å². The Morgan fingerprint density at radius 1 is 1.57 bits per heavy atom. The topological polar surface area (TPSA) is 30.7 Å². The lowest BCUT2D eigenvalue weighted by Crippen LogP contribution is -1.91. The zero-order valence-electron chi connectivity index (χ0n) is 7.99. The van der Waals surface area contributed by atoms with Crippen LogP contribution in [0.3, 0.4) is 0 Å². The molecule has 0 spiro atoms. The molecule has 0 radical (unpaired) electrons. The summed E-state index contributed by atoms with van der Waals surface area (Å²) in [5.41, 5.74) is 1.99. The maximum absolute atomic E-state index is 5.92. The molecule has 0 atom stereocenters. The largest absolute Gasteiger partial charge is 0.331 e. The second kappa shape index (κ2) is 3.79. The monoisotopic (exact) mass is 227 g/mol. The van der Waals surface area contributed by atoms with Crippen molar-refractivity contribution in [1.29, 1.82) is 0 Å². The summed E-state index contributed by atoms with van der Waals surface area (Å²) in [5, 5.41) is 1.41. The number of hydrogen-bond acceptors (Lipinski definition) is 3. The summed E-state index contributed by atoms with van der Waals surface area (Å²) < 4.78 is 2.06. The highest BCUT2D eigenvalue weighted by Crippen LogP contribution is 2.25. The van der Waals surface area contributed by atoms with Crippen LogP contribution in [0.4, 0.5) is 0 Å². The Morgan fingerprint density at radius 3 is 3.00 bits per heavy atom. The highest BCUT2D eigenvalue weighted by molar-refractivity contribution is 7.98. The fourth-order valence-electron chi connectivity index (χ4n) is 1.40. The Hall–Kier alpha value is -0.740. The van der Waals surface area contributed by atoms with E-state index in [-0.39, 0.29) is 0 Å². The minimum absolute atomic E-state index is 0.525. The van der Waals surface area contributed by atoms with Crippen LogP contribution in [0.2, 0.25) is 5.15 Å². The number of nitrogens with zero attached hydrogens (tertiary/aromatic N) is 3. The van der Waals surface area contributed by atoms with E-state index in [4.69, 9.17) is 11.6 Å². The SMILES string of the molecule is CCn1cnc2c(SC)nc(Cl)cc21. The van der Waals surface area contributed by atoms with Crippen molar-refractivity contribution in [3.05, 3.63) is 17.5 Å². The maximum atomic E-state index is 5.92. The Labute approximate surface area is 91.5 Å². The molecule has 3 nitrogen and oxygen atoms in total. The lowest BCUT2D eigenvalue weighted by Gasteiger charge is -2.01. The number of rotatable bonds is 2. The standard InChI is InChI=1S/C9H10ClN3S/c1-3-13-5-11-8-6(13)4-7(10)12-9(8)14-2/h4-5H,3H2,1-2H3. The summed E-state index contributed by atoms with van der Waals surface area (Å²) in [5.74, 6) is 0. The highest BCUT2D eigenvalue weighted by Gasteiger charge is 2.08. The molecule has 2 aromatic heterocycles. The molecule has 0 fully saturated rings. The van der Waals surface area contributed by atoms with Gasteiger partial charge in [-0.15, -0.1) is 11.8 Å². The second-order valence-corrected chi connectivity index (χ2v) is 4.03. The highest BCUT2D eigenvalue weighted by atomic mass is 35.5. The summed E-state index contributed by atoms with van der Waals surface area (Å²) >= 11 is 7.49. The molecule has 2 heterocycles. The van der Waals surface area contributed by atoms with Gasteiger partial charge >= 0.3 is 0 Å². The molecule has 0 N–H and O–H groups in total. The Morgan fingerprint density at radius 2 is 2.36 bits per heavy atom. The molecule has 5 heteroatoms. The first-order valence-electron chi connectivity index (χ1n) is 4.31. The van der Waals surface area contributed by atoms with Gasteiger partial charge in [0, 0.05) is 12.6 Å².